The molecule has 0 saturated carbocycles. The Balaban J connectivity index is 2.35. The van der Waals surface area contributed by atoms with E-state index in [0.717, 1.165) is 24.3 Å². The first-order valence-corrected chi connectivity index (χ1v) is 8.71. The second-order valence-electron chi connectivity index (χ2n) is 6.29. The molecule has 1 aromatic rings. The fraction of sp³-hybridized carbons (Fsp3) is 0.474. The minimum atomic E-state index is -0.522. The molecule has 136 valence electrons. The van der Waals surface area contributed by atoms with Gasteiger partial charge in [0.25, 0.3) is 0 Å². The Labute approximate surface area is 149 Å². The van der Waals surface area contributed by atoms with Crippen LogP contribution in [0.2, 0.25) is 0 Å². The van der Waals surface area contributed by atoms with E-state index in [1.807, 2.05) is 24.3 Å². The summed E-state index contributed by atoms with van der Waals surface area (Å²) in [4.78, 5) is 26.6. The number of nitrogens with zero attached hydrogens (tertiary/aromatic N) is 1. The summed E-state index contributed by atoms with van der Waals surface area (Å²) in [5.41, 5.74) is 2.91. The summed E-state index contributed by atoms with van der Waals surface area (Å²) in [6, 6.07) is 7.07. The number of amides is 2. The quantitative estimate of drug-likeness (QED) is 0.777. The summed E-state index contributed by atoms with van der Waals surface area (Å²) >= 11 is 0. The molecule has 25 heavy (non-hydrogen) atoms. The number of urea groups is 1. The van der Waals surface area contributed by atoms with Gasteiger partial charge >= 0.3 is 12.0 Å². The molecule has 6 nitrogen and oxygen atoms in total. The molecule has 1 atom stereocenters. The molecular formula is C19H27N3O3. The van der Waals surface area contributed by atoms with Crippen molar-refractivity contribution in [3.8, 4) is 0 Å². The van der Waals surface area contributed by atoms with E-state index in [1.54, 1.807) is 20.8 Å². The normalized spacial score (nSPS) is 17.2. The van der Waals surface area contributed by atoms with Crippen LogP contribution in [0.15, 0.2) is 35.5 Å². The van der Waals surface area contributed by atoms with Crippen molar-refractivity contribution in [2.75, 3.05) is 18.0 Å². The van der Waals surface area contributed by atoms with E-state index < -0.39 is 12.0 Å². The number of anilines is 1. The van der Waals surface area contributed by atoms with E-state index in [2.05, 4.69) is 29.4 Å². The highest BCUT2D eigenvalue weighted by Crippen LogP contribution is 2.29. The average Bonchev–Trinajstić information content (AvgIpc) is 2.55. The Bertz CT molecular complexity index is 661. The van der Waals surface area contributed by atoms with Crippen molar-refractivity contribution < 1.29 is 14.3 Å². The van der Waals surface area contributed by atoms with Gasteiger partial charge in [-0.05, 0) is 52.3 Å². The minimum absolute atomic E-state index is 0.226. The van der Waals surface area contributed by atoms with Gasteiger partial charge in [0.1, 0.15) is 0 Å². The third-order valence-electron chi connectivity index (χ3n) is 4.19. The number of hydrogen-bond donors (Lipinski definition) is 2. The highest BCUT2D eigenvalue weighted by Gasteiger charge is 2.32. The number of carbonyl (C=O) groups excluding carboxylic acids is 2. The first-order valence-electron chi connectivity index (χ1n) is 8.71. The summed E-state index contributed by atoms with van der Waals surface area (Å²) in [5.74, 6) is -0.419. The van der Waals surface area contributed by atoms with Crippen LogP contribution in [0.3, 0.4) is 0 Å². The van der Waals surface area contributed by atoms with Gasteiger partial charge in [-0.25, -0.2) is 9.59 Å². The van der Waals surface area contributed by atoms with Gasteiger partial charge in [0.2, 0.25) is 0 Å². The Morgan fingerprint density at radius 1 is 1.20 bits per heavy atom. The zero-order chi connectivity index (χ0) is 18.6. The summed E-state index contributed by atoms with van der Waals surface area (Å²) in [6.45, 7) is 11.4. The van der Waals surface area contributed by atoms with Crippen LogP contribution >= 0.6 is 0 Å². The molecule has 0 fully saturated rings. The topological polar surface area (TPSA) is 70.7 Å². The number of allylic oxidation sites excluding steroid dienone is 1. The van der Waals surface area contributed by atoms with Crippen molar-refractivity contribution in [1.29, 1.82) is 0 Å². The maximum absolute atomic E-state index is 12.5. The minimum Gasteiger partial charge on any atom is -0.459 e. The van der Waals surface area contributed by atoms with Crippen molar-refractivity contribution in [1.82, 2.24) is 10.6 Å². The molecule has 0 aromatic heterocycles. The fourth-order valence-corrected chi connectivity index (χ4v) is 2.96. The average molecular weight is 345 g/mol. The van der Waals surface area contributed by atoms with Crippen LogP contribution < -0.4 is 15.5 Å². The predicted molar refractivity (Wildman–Crippen MR) is 98.3 cm³/mol. The molecule has 0 unspecified atom stereocenters. The molecule has 1 aromatic carbocycles. The van der Waals surface area contributed by atoms with Crippen LogP contribution in [0.1, 0.15) is 46.2 Å². The van der Waals surface area contributed by atoms with E-state index in [9.17, 15) is 9.59 Å². The van der Waals surface area contributed by atoms with Crippen LogP contribution in [0.25, 0.3) is 0 Å². The second kappa shape index (κ2) is 8.05. The molecule has 0 bridgehead atoms. The smallest absolute Gasteiger partial charge is 0.338 e. The number of hydrogen-bond acceptors (Lipinski definition) is 4. The number of ether oxygens (including phenoxy) is 1. The van der Waals surface area contributed by atoms with Crippen LogP contribution in [0, 0.1) is 0 Å². The molecule has 1 aliphatic heterocycles. The van der Waals surface area contributed by atoms with E-state index >= 15 is 0 Å². The molecule has 2 rings (SSSR count). The number of carbonyl (C=O) groups is 2. The van der Waals surface area contributed by atoms with Crippen molar-refractivity contribution in [2.24, 2.45) is 0 Å². The molecule has 2 N–H and O–H groups in total. The lowest BCUT2D eigenvalue weighted by molar-refractivity contribution is -0.143. The largest absolute Gasteiger partial charge is 0.459 e. The monoisotopic (exact) mass is 345 g/mol. The number of nitrogens with one attached hydrogen (secondary N) is 2. The zero-order valence-corrected chi connectivity index (χ0v) is 15.6. The Morgan fingerprint density at radius 3 is 2.32 bits per heavy atom. The standard InChI is InChI=1S/C19H27N3O3/c1-6-22(7-2)15-10-8-14(9-11-15)17-16(18(23)25-12(3)4)13(5)20-19(24)21-17/h8-12,17H,6-7H2,1-5H3,(H2,20,21,24)/t17-/m0/s1. The zero-order valence-electron chi connectivity index (χ0n) is 15.6. The van der Waals surface area contributed by atoms with Gasteiger partial charge < -0.3 is 20.3 Å². The molecule has 0 aliphatic carbocycles. The third kappa shape index (κ3) is 4.32. The molecule has 1 aliphatic rings. The molecular weight excluding hydrogens is 318 g/mol. The highest BCUT2D eigenvalue weighted by atomic mass is 16.5. The number of esters is 1. The van der Waals surface area contributed by atoms with E-state index in [4.69, 9.17) is 4.74 Å². The molecule has 0 saturated heterocycles. The van der Waals surface area contributed by atoms with Gasteiger partial charge in [0, 0.05) is 24.5 Å². The third-order valence-corrected chi connectivity index (χ3v) is 4.19. The lowest BCUT2D eigenvalue weighted by Gasteiger charge is -2.29. The van der Waals surface area contributed by atoms with Gasteiger partial charge in [-0.3, -0.25) is 0 Å². The fourth-order valence-electron chi connectivity index (χ4n) is 2.96. The first kappa shape index (κ1) is 18.8. The number of rotatable bonds is 6. The lowest BCUT2D eigenvalue weighted by atomic mass is 9.95. The maximum atomic E-state index is 12.5. The molecule has 1 heterocycles. The van der Waals surface area contributed by atoms with Gasteiger partial charge in [0.05, 0.1) is 17.7 Å². The summed E-state index contributed by atoms with van der Waals surface area (Å²) in [5, 5.41) is 5.47. The van der Waals surface area contributed by atoms with E-state index in [0.29, 0.717) is 11.3 Å². The van der Waals surface area contributed by atoms with E-state index in [1.165, 1.54) is 0 Å². The molecule has 6 heteroatoms. The Morgan fingerprint density at radius 2 is 1.80 bits per heavy atom. The van der Waals surface area contributed by atoms with Gasteiger partial charge in [-0.1, -0.05) is 12.1 Å². The van der Waals surface area contributed by atoms with Crippen molar-refractivity contribution >= 4 is 17.7 Å². The van der Waals surface area contributed by atoms with Gasteiger partial charge in [-0.2, -0.15) is 0 Å². The van der Waals surface area contributed by atoms with Gasteiger partial charge in [0.15, 0.2) is 0 Å². The predicted octanol–water partition coefficient (Wildman–Crippen LogP) is 3.11. The van der Waals surface area contributed by atoms with Crippen LogP contribution in [0.4, 0.5) is 10.5 Å². The van der Waals surface area contributed by atoms with E-state index in [-0.39, 0.29) is 12.1 Å². The van der Waals surface area contributed by atoms with Crippen LogP contribution in [-0.2, 0) is 9.53 Å². The molecule has 2 amide bonds. The SMILES string of the molecule is CCN(CC)c1ccc([C@@H]2NC(=O)NC(C)=C2C(=O)OC(C)C)cc1. The van der Waals surface area contributed by atoms with Crippen LogP contribution in [-0.4, -0.2) is 31.2 Å². The van der Waals surface area contributed by atoms with Crippen molar-refractivity contribution in [2.45, 2.75) is 46.8 Å². The van der Waals surface area contributed by atoms with Crippen molar-refractivity contribution in [3.05, 3.63) is 41.1 Å². The second-order valence-corrected chi connectivity index (χ2v) is 6.29. The Kier molecular flexibility index (Phi) is 6.07. The van der Waals surface area contributed by atoms with Crippen LogP contribution in [0.5, 0.6) is 0 Å². The first-order chi connectivity index (χ1) is 11.9. The summed E-state index contributed by atoms with van der Waals surface area (Å²) in [6.07, 6.45) is -0.226. The van der Waals surface area contributed by atoms with Crippen molar-refractivity contribution in [3.63, 3.8) is 0 Å². The molecule has 0 spiro atoms. The lowest BCUT2D eigenvalue weighted by Crippen LogP contribution is -2.45. The highest BCUT2D eigenvalue weighted by molar-refractivity contribution is 5.95. The maximum Gasteiger partial charge on any atom is 0.338 e. The summed E-state index contributed by atoms with van der Waals surface area (Å²) in [7, 11) is 0. The Hall–Kier alpha value is -2.50. The molecule has 0 radical (unpaired) electrons. The van der Waals surface area contributed by atoms with Gasteiger partial charge in [-0.15, -0.1) is 0 Å². The number of benzene rings is 1. The summed E-state index contributed by atoms with van der Waals surface area (Å²) < 4.78 is 5.35.